The number of rotatable bonds is 8. The van der Waals surface area contributed by atoms with Crippen molar-refractivity contribution >= 4 is 0 Å². The number of nitrogens with zero attached hydrogens (tertiary/aromatic N) is 2. The van der Waals surface area contributed by atoms with Gasteiger partial charge in [-0.25, -0.2) is 0 Å². The van der Waals surface area contributed by atoms with Gasteiger partial charge in [0, 0.05) is 12.6 Å². The zero-order chi connectivity index (χ0) is 14.9. The average Bonchev–Trinajstić information content (AvgIpc) is 2.53. The third kappa shape index (κ3) is 6.16. The van der Waals surface area contributed by atoms with E-state index in [1.54, 1.807) is 0 Å². The van der Waals surface area contributed by atoms with Crippen molar-refractivity contribution in [2.75, 3.05) is 39.8 Å². The predicted molar refractivity (Wildman–Crippen MR) is 90.5 cm³/mol. The molecule has 0 aromatic heterocycles. The first-order chi connectivity index (χ1) is 10.3. The lowest BCUT2D eigenvalue weighted by molar-refractivity contribution is 0.205. The number of benzene rings is 1. The van der Waals surface area contributed by atoms with Crippen LogP contribution in [-0.2, 0) is 6.54 Å². The molecule has 2 rings (SSSR count). The lowest BCUT2D eigenvalue weighted by Crippen LogP contribution is -2.42. The molecule has 0 radical (unpaired) electrons. The van der Waals surface area contributed by atoms with Crippen LogP contribution in [0, 0.1) is 0 Å². The average molecular weight is 289 g/mol. The molecule has 0 atom stereocenters. The molecule has 21 heavy (non-hydrogen) atoms. The van der Waals surface area contributed by atoms with Crippen molar-refractivity contribution in [2.45, 2.75) is 38.8 Å². The summed E-state index contributed by atoms with van der Waals surface area (Å²) in [5.41, 5.74) is 1.40. The van der Waals surface area contributed by atoms with Gasteiger partial charge in [0.25, 0.3) is 0 Å². The van der Waals surface area contributed by atoms with Crippen LogP contribution >= 0.6 is 0 Å². The third-order valence-corrected chi connectivity index (χ3v) is 4.48. The van der Waals surface area contributed by atoms with Gasteiger partial charge < -0.3 is 15.1 Å². The van der Waals surface area contributed by atoms with Gasteiger partial charge in [-0.2, -0.15) is 0 Å². The molecule has 0 amide bonds. The van der Waals surface area contributed by atoms with Crippen molar-refractivity contribution < 1.29 is 0 Å². The minimum Gasteiger partial charge on any atom is -0.314 e. The van der Waals surface area contributed by atoms with E-state index in [-0.39, 0.29) is 0 Å². The molecule has 0 saturated carbocycles. The number of nitrogens with one attached hydrogen (secondary N) is 1. The molecule has 1 heterocycles. The summed E-state index contributed by atoms with van der Waals surface area (Å²) in [6, 6.07) is 11.5. The fourth-order valence-corrected chi connectivity index (χ4v) is 3.08. The van der Waals surface area contributed by atoms with E-state index in [0.29, 0.717) is 0 Å². The standard InChI is InChI=1S/C18H31N3/c1-3-21-14-10-18(11-15-21)19-12-7-13-20(2)16-17-8-5-4-6-9-17/h4-6,8-9,18-19H,3,7,10-16H2,1-2H3. The van der Waals surface area contributed by atoms with Gasteiger partial charge >= 0.3 is 0 Å². The monoisotopic (exact) mass is 289 g/mol. The normalized spacial score (nSPS) is 17.5. The Morgan fingerprint density at radius 1 is 1.19 bits per heavy atom. The van der Waals surface area contributed by atoms with E-state index in [4.69, 9.17) is 0 Å². The van der Waals surface area contributed by atoms with Crippen LogP contribution in [-0.4, -0.2) is 55.6 Å². The second kappa shape index (κ2) is 9.19. The number of piperidine rings is 1. The van der Waals surface area contributed by atoms with Gasteiger partial charge in [0.05, 0.1) is 0 Å². The van der Waals surface area contributed by atoms with E-state index in [9.17, 15) is 0 Å². The molecule has 1 aromatic rings. The van der Waals surface area contributed by atoms with Crippen LogP contribution < -0.4 is 5.32 Å². The van der Waals surface area contributed by atoms with Crippen LogP contribution in [0.1, 0.15) is 31.7 Å². The van der Waals surface area contributed by atoms with Crippen molar-refractivity contribution in [1.82, 2.24) is 15.1 Å². The van der Waals surface area contributed by atoms with Gasteiger partial charge in [0.2, 0.25) is 0 Å². The van der Waals surface area contributed by atoms with Gasteiger partial charge in [0.1, 0.15) is 0 Å². The van der Waals surface area contributed by atoms with E-state index >= 15 is 0 Å². The largest absolute Gasteiger partial charge is 0.314 e. The predicted octanol–water partition coefficient (Wildman–Crippen LogP) is 2.58. The summed E-state index contributed by atoms with van der Waals surface area (Å²) in [5, 5.41) is 3.73. The van der Waals surface area contributed by atoms with Gasteiger partial charge in [-0.3, -0.25) is 0 Å². The molecule has 0 bridgehead atoms. The van der Waals surface area contributed by atoms with Crippen LogP contribution in [0.3, 0.4) is 0 Å². The molecule has 1 fully saturated rings. The maximum Gasteiger partial charge on any atom is 0.0230 e. The summed E-state index contributed by atoms with van der Waals surface area (Å²) in [6.07, 6.45) is 3.86. The molecule has 3 heteroatoms. The fraction of sp³-hybridized carbons (Fsp3) is 0.667. The zero-order valence-electron chi connectivity index (χ0n) is 13.7. The molecule has 1 aliphatic heterocycles. The Labute approximate surface area is 130 Å². The Hall–Kier alpha value is -0.900. The van der Waals surface area contributed by atoms with Crippen molar-refractivity contribution in [3.05, 3.63) is 35.9 Å². The SMILES string of the molecule is CCN1CCC(NCCCN(C)Cc2ccccc2)CC1. The van der Waals surface area contributed by atoms with Crippen LogP contribution in [0.15, 0.2) is 30.3 Å². The summed E-state index contributed by atoms with van der Waals surface area (Å²) in [5.74, 6) is 0. The number of likely N-dealkylation sites (tertiary alicyclic amines) is 1. The minimum absolute atomic E-state index is 0.743. The molecule has 118 valence electrons. The van der Waals surface area contributed by atoms with E-state index in [2.05, 4.69) is 59.4 Å². The molecule has 1 saturated heterocycles. The van der Waals surface area contributed by atoms with E-state index < -0.39 is 0 Å². The topological polar surface area (TPSA) is 18.5 Å². The first-order valence-corrected chi connectivity index (χ1v) is 8.46. The summed E-state index contributed by atoms with van der Waals surface area (Å²) in [6.45, 7) is 9.36. The van der Waals surface area contributed by atoms with Gasteiger partial charge in [-0.1, -0.05) is 37.3 Å². The van der Waals surface area contributed by atoms with Crippen LogP contribution in [0.4, 0.5) is 0 Å². The van der Waals surface area contributed by atoms with E-state index in [0.717, 1.165) is 25.7 Å². The van der Waals surface area contributed by atoms with Crippen LogP contribution in [0.5, 0.6) is 0 Å². The Balaban J connectivity index is 1.53. The van der Waals surface area contributed by atoms with Crippen molar-refractivity contribution in [1.29, 1.82) is 0 Å². The Morgan fingerprint density at radius 2 is 1.90 bits per heavy atom. The van der Waals surface area contributed by atoms with E-state index in [1.165, 1.54) is 44.5 Å². The molecule has 1 N–H and O–H groups in total. The molecule has 1 aliphatic rings. The van der Waals surface area contributed by atoms with Crippen molar-refractivity contribution in [2.24, 2.45) is 0 Å². The quantitative estimate of drug-likeness (QED) is 0.742. The Morgan fingerprint density at radius 3 is 2.57 bits per heavy atom. The summed E-state index contributed by atoms with van der Waals surface area (Å²) in [7, 11) is 2.22. The van der Waals surface area contributed by atoms with Crippen molar-refractivity contribution in [3.8, 4) is 0 Å². The third-order valence-electron chi connectivity index (χ3n) is 4.48. The molecule has 0 unspecified atom stereocenters. The first-order valence-electron chi connectivity index (χ1n) is 8.46. The molecule has 0 spiro atoms. The maximum absolute atomic E-state index is 3.73. The number of hydrogen-bond acceptors (Lipinski definition) is 3. The second-order valence-corrected chi connectivity index (χ2v) is 6.24. The highest BCUT2D eigenvalue weighted by Gasteiger charge is 2.16. The fourth-order valence-electron chi connectivity index (χ4n) is 3.08. The minimum atomic E-state index is 0.743. The van der Waals surface area contributed by atoms with Gasteiger partial charge in [-0.15, -0.1) is 0 Å². The second-order valence-electron chi connectivity index (χ2n) is 6.24. The van der Waals surface area contributed by atoms with Crippen LogP contribution in [0.25, 0.3) is 0 Å². The summed E-state index contributed by atoms with van der Waals surface area (Å²) >= 11 is 0. The van der Waals surface area contributed by atoms with Crippen molar-refractivity contribution in [3.63, 3.8) is 0 Å². The Bertz CT molecular complexity index is 371. The Kier molecular flexibility index (Phi) is 7.20. The van der Waals surface area contributed by atoms with Gasteiger partial charge in [0.15, 0.2) is 0 Å². The molecule has 1 aromatic carbocycles. The highest BCUT2D eigenvalue weighted by atomic mass is 15.1. The highest BCUT2D eigenvalue weighted by molar-refractivity contribution is 5.14. The first kappa shape index (κ1) is 16.5. The smallest absolute Gasteiger partial charge is 0.0230 e. The lowest BCUT2D eigenvalue weighted by atomic mass is 10.1. The van der Waals surface area contributed by atoms with Gasteiger partial charge in [-0.05, 0) is 64.6 Å². The lowest BCUT2D eigenvalue weighted by Gasteiger charge is -2.31. The maximum atomic E-state index is 3.73. The molecule has 0 aliphatic carbocycles. The van der Waals surface area contributed by atoms with Crippen LogP contribution in [0.2, 0.25) is 0 Å². The highest BCUT2D eigenvalue weighted by Crippen LogP contribution is 2.09. The van der Waals surface area contributed by atoms with E-state index in [1.807, 2.05) is 0 Å². The number of hydrogen-bond donors (Lipinski definition) is 1. The summed E-state index contributed by atoms with van der Waals surface area (Å²) < 4.78 is 0. The summed E-state index contributed by atoms with van der Waals surface area (Å²) in [4.78, 5) is 4.96. The molecule has 3 nitrogen and oxygen atoms in total. The molecular formula is C18H31N3. The zero-order valence-corrected chi connectivity index (χ0v) is 13.7. The molecular weight excluding hydrogens is 258 g/mol.